The molecule has 0 radical (unpaired) electrons. The summed E-state index contributed by atoms with van der Waals surface area (Å²) in [4.78, 5) is 23.6. The number of rotatable bonds is 3. The van der Waals surface area contributed by atoms with Gasteiger partial charge in [0.05, 0.1) is 25.4 Å². The van der Waals surface area contributed by atoms with Gasteiger partial charge in [-0.05, 0) is 20.3 Å². The number of nitrogens with one attached hydrogen (secondary N) is 1. The standard InChI is InChI=1S/C13H19NO4/c1-6-9-10(12(15)17-4)7(2)14-8(3)11(9)13(16)18-5/h9,14H,6H2,1-5H3. The highest BCUT2D eigenvalue weighted by Gasteiger charge is 2.34. The van der Waals surface area contributed by atoms with Crippen molar-refractivity contribution in [1.29, 1.82) is 0 Å². The minimum Gasteiger partial charge on any atom is -0.466 e. The minimum absolute atomic E-state index is 0.286. The van der Waals surface area contributed by atoms with Gasteiger partial charge in [0.25, 0.3) is 0 Å². The number of methoxy groups -OCH3 is 2. The maximum absolute atomic E-state index is 11.8. The molecule has 0 amide bonds. The highest BCUT2D eigenvalue weighted by molar-refractivity contribution is 5.97. The number of hydrogen-bond acceptors (Lipinski definition) is 5. The lowest BCUT2D eigenvalue weighted by molar-refractivity contribution is -0.137. The van der Waals surface area contributed by atoms with E-state index in [4.69, 9.17) is 9.47 Å². The number of allylic oxidation sites excluding steroid dienone is 2. The summed E-state index contributed by atoms with van der Waals surface area (Å²) in [6.45, 7) is 5.52. The van der Waals surface area contributed by atoms with Crippen LogP contribution in [-0.2, 0) is 19.1 Å². The fourth-order valence-electron chi connectivity index (χ4n) is 2.30. The minimum atomic E-state index is -0.416. The quantitative estimate of drug-likeness (QED) is 0.772. The van der Waals surface area contributed by atoms with Crippen LogP contribution in [0.5, 0.6) is 0 Å². The zero-order valence-corrected chi connectivity index (χ0v) is 11.4. The third kappa shape index (κ3) is 2.39. The van der Waals surface area contributed by atoms with Crippen LogP contribution >= 0.6 is 0 Å². The highest BCUT2D eigenvalue weighted by atomic mass is 16.5. The Morgan fingerprint density at radius 2 is 1.44 bits per heavy atom. The van der Waals surface area contributed by atoms with E-state index in [2.05, 4.69) is 5.32 Å². The van der Waals surface area contributed by atoms with Gasteiger partial charge in [0.15, 0.2) is 0 Å². The second kappa shape index (κ2) is 5.71. The largest absolute Gasteiger partial charge is 0.466 e. The molecule has 1 N–H and O–H groups in total. The van der Waals surface area contributed by atoms with Crippen LogP contribution in [0.2, 0.25) is 0 Å². The summed E-state index contributed by atoms with van der Waals surface area (Å²) in [5.41, 5.74) is 2.43. The van der Waals surface area contributed by atoms with Gasteiger partial charge in [-0.25, -0.2) is 9.59 Å². The molecule has 0 spiro atoms. The third-order valence-electron chi connectivity index (χ3n) is 3.10. The Hall–Kier alpha value is -1.78. The Balaban J connectivity index is 3.27. The van der Waals surface area contributed by atoms with Gasteiger partial charge in [0.2, 0.25) is 0 Å². The van der Waals surface area contributed by atoms with Gasteiger partial charge in [-0.15, -0.1) is 0 Å². The Bertz CT molecular complexity index is 396. The molecule has 18 heavy (non-hydrogen) atoms. The van der Waals surface area contributed by atoms with Crippen molar-refractivity contribution in [3.63, 3.8) is 0 Å². The zero-order valence-electron chi connectivity index (χ0n) is 11.4. The van der Waals surface area contributed by atoms with Crippen molar-refractivity contribution in [2.24, 2.45) is 5.92 Å². The van der Waals surface area contributed by atoms with Gasteiger partial charge in [0.1, 0.15) is 0 Å². The van der Waals surface area contributed by atoms with E-state index in [1.807, 2.05) is 6.92 Å². The summed E-state index contributed by atoms with van der Waals surface area (Å²) in [6, 6.07) is 0. The van der Waals surface area contributed by atoms with Crippen LogP contribution in [0.3, 0.4) is 0 Å². The highest BCUT2D eigenvalue weighted by Crippen LogP contribution is 2.33. The Kier molecular flexibility index (Phi) is 4.53. The van der Waals surface area contributed by atoms with Crippen LogP contribution in [0.1, 0.15) is 27.2 Å². The van der Waals surface area contributed by atoms with E-state index in [1.165, 1.54) is 14.2 Å². The molecule has 0 unspecified atom stereocenters. The van der Waals surface area contributed by atoms with Crippen molar-refractivity contribution in [3.8, 4) is 0 Å². The van der Waals surface area contributed by atoms with Crippen molar-refractivity contribution in [3.05, 3.63) is 22.5 Å². The predicted octanol–water partition coefficient (Wildman–Crippen LogP) is 1.51. The maximum Gasteiger partial charge on any atom is 0.336 e. The molecule has 0 bridgehead atoms. The van der Waals surface area contributed by atoms with E-state index in [0.29, 0.717) is 17.6 Å². The molecular formula is C13H19NO4. The molecule has 0 atom stereocenters. The summed E-state index contributed by atoms with van der Waals surface area (Å²) in [5.74, 6) is -1.12. The first-order chi connectivity index (χ1) is 8.47. The molecule has 0 fully saturated rings. The van der Waals surface area contributed by atoms with E-state index < -0.39 is 11.9 Å². The normalized spacial score (nSPS) is 16.5. The number of dihydropyridines is 1. The van der Waals surface area contributed by atoms with Crippen LogP contribution in [0.4, 0.5) is 0 Å². The lowest BCUT2D eigenvalue weighted by Crippen LogP contribution is -2.32. The van der Waals surface area contributed by atoms with E-state index in [9.17, 15) is 9.59 Å². The number of carbonyl (C=O) groups is 2. The van der Waals surface area contributed by atoms with Crippen LogP contribution in [0.25, 0.3) is 0 Å². The molecule has 5 nitrogen and oxygen atoms in total. The SMILES string of the molecule is CCC1C(C(=O)OC)=C(C)NC(C)=C1C(=O)OC. The molecule has 1 rings (SSSR count). The molecule has 0 saturated heterocycles. The third-order valence-corrected chi connectivity index (χ3v) is 3.10. The summed E-state index contributed by atoms with van der Waals surface area (Å²) >= 11 is 0. The Morgan fingerprint density at radius 1 is 1.06 bits per heavy atom. The van der Waals surface area contributed by atoms with E-state index in [0.717, 1.165) is 11.4 Å². The van der Waals surface area contributed by atoms with Gasteiger partial charge in [-0.1, -0.05) is 6.92 Å². The van der Waals surface area contributed by atoms with E-state index in [1.54, 1.807) is 13.8 Å². The van der Waals surface area contributed by atoms with Crippen molar-refractivity contribution in [2.75, 3.05) is 14.2 Å². The first-order valence-corrected chi connectivity index (χ1v) is 5.83. The number of carbonyl (C=O) groups excluding carboxylic acids is 2. The Morgan fingerprint density at radius 3 is 1.72 bits per heavy atom. The number of hydrogen-bond donors (Lipinski definition) is 1. The van der Waals surface area contributed by atoms with Gasteiger partial charge in [0, 0.05) is 17.3 Å². The van der Waals surface area contributed by atoms with E-state index in [-0.39, 0.29) is 5.92 Å². The van der Waals surface area contributed by atoms with Crippen LogP contribution in [0.15, 0.2) is 22.5 Å². The average molecular weight is 253 g/mol. The van der Waals surface area contributed by atoms with Gasteiger partial charge in [-0.3, -0.25) is 0 Å². The zero-order chi connectivity index (χ0) is 13.9. The van der Waals surface area contributed by atoms with Crippen LogP contribution in [-0.4, -0.2) is 26.2 Å². The predicted molar refractivity (Wildman–Crippen MR) is 66.3 cm³/mol. The average Bonchev–Trinajstić information content (AvgIpc) is 2.36. The van der Waals surface area contributed by atoms with Gasteiger partial charge < -0.3 is 14.8 Å². The summed E-state index contributed by atoms with van der Waals surface area (Å²) in [7, 11) is 2.66. The molecule has 5 heteroatoms. The van der Waals surface area contributed by atoms with Gasteiger partial charge >= 0.3 is 11.9 Å². The monoisotopic (exact) mass is 253 g/mol. The molecular weight excluding hydrogens is 234 g/mol. The molecule has 0 aromatic heterocycles. The van der Waals surface area contributed by atoms with Gasteiger partial charge in [-0.2, -0.15) is 0 Å². The Labute approximate surface area is 107 Å². The molecule has 1 heterocycles. The summed E-state index contributed by atoms with van der Waals surface area (Å²) < 4.78 is 9.56. The van der Waals surface area contributed by atoms with Crippen molar-refractivity contribution in [2.45, 2.75) is 27.2 Å². The van der Waals surface area contributed by atoms with Crippen LogP contribution in [0, 0.1) is 5.92 Å². The molecule has 0 aromatic carbocycles. The molecule has 100 valence electrons. The first-order valence-electron chi connectivity index (χ1n) is 5.83. The molecule has 0 aliphatic carbocycles. The fourth-order valence-corrected chi connectivity index (χ4v) is 2.30. The molecule has 1 aliphatic heterocycles. The van der Waals surface area contributed by atoms with E-state index >= 15 is 0 Å². The number of esters is 2. The van der Waals surface area contributed by atoms with Crippen molar-refractivity contribution in [1.82, 2.24) is 5.32 Å². The van der Waals surface area contributed by atoms with Crippen molar-refractivity contribution >= 4 is 11.9 Å². The van der Waals surface area contributed by atoms with Crippen molar-refractivity contribution < 1.29 is 19.1 Å². The topological polar surface area (TPSA) is 64.6 Å². The molecule has 0 aromatic rings. The molecule has 0 saturated carbocycles. The summed E-state index contributed by atoms with van der Waals surface area (Å²) in [6.07, 6.45) is 0.630. The smallest absolute Gasteiger partial charge is 0.336 e. The molecule has 1 aliphatic rings. The lowest BCUT2D eigenvalue weighted by Gasteiger charge is -2.28. The number of ether oxygens (including phenoxy) is 2. The lowest BCUT2D eigenvalue weighted by atomic mass is 9.83. The van der Waals surface area contributed by atoms with Crippen LogP contribution < -0.4 is 5.32 Å². The maximum atomic E-state index is 11.8. The fraction of sp³-hybridized carbons (Fsp3) is 0.538. The first kappa shape index (κ1) is 14.3. The second-order valence-electron chi connectivity index (χ2n) is 4.15. The second-order valence-corrected chi connectivity index (χ2v) is 4.15. The summed E-state index contributed by atoms with van der Waals surface area (Å²) in [5, 5.41) is 3.03.